The van der Waals surface area contributed by atoms with Crippen LogP contribution in [-0.4, -0.2) is 0 Å². The van der Waals surface area contributed by atoms with Crippen molar-refractivity contribution in [3.05, 3.63) is 120 Å². The second-order valence-electron chi connectivity index (χ2n) is 8.05. The van der Waals surface area contributed by atoms with Crippen LogP contribution in [-0.2, 0) is 0 Å². The maximum absolute atomic E-state index is 2.28. The molecule has 144 valence electrons. The van der Waals surface area contributed by atoms with E-state index in [-0.39, 0.29) is 0 Å². The molecule has 0 bridgehead atoms. The molecule has 30 heavy (non-hydrogen) atoms. The van der Waals surface area contributed by atoms with E-state index in [0.717, 1.165) is 0 Å². The van der Waals surface area contributed by atoms with Crippen molar-refractivity contribution in [1.29, 1.82) is 0 Å². The summed E-state index contributed by atoms with van der Waals surface area (Å²) in [7, 11) is 0. The Labute approximate surface area is 177 Å². The third-order valence-corrected chi connectivity index (χ3v) is 5.83. The third kappa shape index (κ3) is 3.53. The number of fused-ring (bicyclic) bond motifs is 4. The van der Waals surface area contributed by atoms with E-state index in [4.69, 9.17) is 0 Å². The normalized spacial score (nSPS) is 11.0. The monoisotopic (exact) mass is 384 g/mol. The summed E-state index contributed by atoms with van der Waals surface area (Å²) in [4.78, 5) is 0. The zero-order chi connectivity index (χ0) is 20.5. The van der Waals surface area contributed by atoms with E-state index in [9.17, 15) is 0 Å². The van der Waals surface area contributed by atoms with Crippen molar-refractivity contribution in [2.75, 3.05) is 0 Å². The van der Waals surface area contributed by atoms with Crippen LogP contribution in [0.1, 0.15) is 11.1 Å². The van der Waals surface area contributed by atoms with Crippen molar-refractivity contribution < 1.29 is 0 Å². The predicted molar refractivity (Wildman–Crippen MR) is 132 cm³/mol. The van der Waals surface area contributed by atoms with Crippen LogP contribution in [0, 0.1) is 13.8 Å². The van der Waals surface area contributed by atoms with Gasteiger partial charge in [-0.3, -0.25) is 0 Å². The van der Waals surface area contributed by atoms with E-state index in [1.165, 1.54) is 54.2 Å². The zero-order valence-electron chi connectivity index (χ0n) is 17.4. The van der Waals surface area contributed by atoms with Gasteiger partial charge >= 0.3 is 0 Å². The summed E-state index contributed by atoms with van der Waals surface area (Å²) in [5.74, 6) is 0. The van der Waals surface area contributed by atoms with Crippen molar-refractivity contribution >= 4 is 43.1 Å². The largest absolute Gasteiger partial charge is 0.0616 e. The minimum Gasteiger partial charge on any atom is -0.0616 e. The number of hydrogen-bond donors (Lipinski definition) is 0. The van der Waals surface area contributed by atoms with E-state index in [1.807, 2.05) is 0 Å². The number of rotatable bonds is 0. The summed E-state index contributed by atoms with van der Waals surface area (Å²) in [5.41, 5.74) is 2.66. The van der Waals surface area contributed by atoms with Gasteiger partial charge in [0.1, 0.15) is 0 Å². The standard InChI is InChI=1S/2C15H12/c1-11-5-4-8-14-9-12-6-2-3-7-13(12)10-15(11)14;1-11-6-7-14-9-12-4-2-3-5-13(12)10-15(14)8-11/h2*2-10H,1H3. The molecule has 0 saturated heterocycles. The molecule has 0 aliphatic heterocycles. The van der Waals surface area contributed by atoms with Crippen LogP contribution in [0.25, 0.3) is 43.1 Å². The minimum absolute atomic E-state index is 1.31. The fourth-order valence-corrected chi connectivity index (χ4v) is 4.18. The average Bonchev–Trinajstić information content (AvgIpc) is 2.77. The lowest BCUT2D eigenvalue weighted by Gasteiger charge is -2.04. The SMILES string of the molecule is Cc1ccc2cc3ccccc3cc2c1.Cc1cccc2cc3ccccc3cc12. The van der Waals surface area contributed by atoms with Gasteiger partial charge in [0.15, 0.2) is 0 Å². The highest BCUT2D eigenvalue weighted by molar-refractivity contribution is 6.00. The average molecular weight is 385 g/mol. The van der Waals surface area contributed by atoms with Crippen LogP contribution in [0.15, 0.2) is 109 Å². The van der Waals surface area contributed by atoms with Gasteiger partial charge in [0, 0.05) is 0 Å². The van der Waals surface area contributed by atoms with Crippen molar-refractivity contribution in [3.8, 4) is 0 Å². The molecule has 0 heteroatoms. The second-order valence-corrected chi connectivity index (χ2v) is 8.05. The molecule has 0 aromatic heterocycles. The minimum atomic E-state index is 1.31. The summed E-state index contributed by atoms with van der Waals surface area (Å²) in [6.07, 6.45) is 0. The molecular weight excluding hydrogens is 360 g/mol. The first-order valence-electron chi connectivity index (χ1n) is 10.4. The number of benzene rings is 6. The Morgan fingerprint density at radius 1 is 0.367 bits per heavy atom. The van der Waals surface area contributed by atoms with E-state index in [2.05, 4.69) is 123 Å². The lowest BCUT2D eigenvalue weighted by atomic mass is 10.0. The van der Waals surface area contributed by atoms with Gasteiger partial charge in [-0.1, -0.05) is 90.5 Å². The van der Waals surface area contributed by atoms with Crippen LogP contribution < -0.4 is 0 Å². The quantitative estimate of drug-likeness (QED) is 0.230. The van der Waals surface area contributed by atoms with Crippen LogP contribution in [0.2, 0.25) is 0 Å². The van der Waals surface area contributed by atoms with E-state index >= 15 is 0 Å². The Balaban J connectivity index is 0.000000128. The number of hydrogen-bond acceptors (Lipinski definition) is 0. The van der Waals surface area contributed by atoms with Gasteiger partial charge in [0.25, 0.3) is 0 Å². The topological polar surface area (TPSA) is 0 Å². The molecular formula is C30H24. The van der Waals surface area contributed by atoms with Crippen LogP contribution in [0.3, 0.4) is 0 Å². The summed E-state index contributed by atoms with van der Waals surface area (Å²) in [5, 5.41) is 10.6. The molecule has 6 aromatic rings. The van der Waals surface area contributed by atoms with Crippen molar-refractivity contribution in [3.63, 3.8) is 0 Å². The molecule has 0 atom stereocenters. The van der Waals surface area contributed by atoms with Gasteiger partial charge in [-0.15, -0.1) is 0 Å². The first-order chi connectivity index (χ1) is 14.7. The lowest BCUT2D eigenvalue weighted by molar-refractivity contribution is 1.51. The highest BCUT2D eigenvalue weighted by Crippen LogP contribution is 2.25. The van der Waals surface area contributed by atoms with Crippen LogP contribution in [0.4, 0.5) is 0 Å². The first kappa shape index (κ1) is 18.4. The molecule has 0 fully saturated rings. The van der Waals surface area contributed by atoms with Gasteiger partial charge in [-0.2, -0.15) is 0 Å². The fraction of sp³-hybridized carbons (Fsp3) is 0.0667. The van der Waals surface area contributed by atoms with Gasteiger partial charge < -0.3 is 0 Å². The van der Waals surface area contributed by atoms with Crippen molar-refractivity contribution in [2.24, 2.45) is 0 Å². The highest BCUT2D eigenvalue weighted by atomic mass is 14.0. The Bertz CT molecular complexity index is 1490. The summed E-state index contributed by atoms with van der Waals surface area (Å²) in [6, 6.07) is 39.1. The lowest BCUT2D eigenvalue weighted by Crippen LogP contribution is -1.79. The summed E-state index contributed by atoms with van der Waals surface area (Å²) < 4.78 is 0. The third-order valence-electron chi connectivity index (χ3n) is 5.83. The van der Waals surface area contributed by atoms with Crippen LogP contribution >= 0.6 is 0 Å². The van der Waals surface area contributed by atoms with Gasteiger partial charge in [-0.25, -0.2) is 0 Å². The maximum atomic E-state index is 2.28. The molecule has 0 aliphatic rings. The smallest absolute Gasteiger partial charge is 0.0148 e. The first-order valence-corrected chi connectivity index (χ1v) is 10.4. The Kier molecular flexibility index (Phi) is 4.69. The summed E-state index contributed by atoms with van der Waals surface area (Å²) in [6.45, 7) is 4.30. The molecule has 0 amide bonds. The van der Waals surface area contributed by atoms with Gasteiger partial charge in [0.05, 0.1) is 0 Å². The van der Waals surface area contributed by atoms with E-state index < -0.39 is 0 Å². The molecule has 0 saturated carbocycles. The molecule has 0 nitrogen and oxygen atoms in total. The Morgan fingerprint density at radius 3 is 1.53 bits per heavy atom. The molecule has 0 aliphatic carbocycles. The van der Waals surface area contributed by atoms with E-state index in [0.29, 0.717) is 0 Å². The maximum Gasteiger partial charge on any atom is -0.0148 e. The highest BCUT2D eigenvalue weighted by Gasteiger charge is 1.99. The number of aryl methyl sites for hydroxylation is 2. The zero-order valence-corrected chi connectivity index (χ0v) is 17.4. The molecule has 0 radical (unpaired) electrons. The Hall–Kier alpha value is -3.64. The second kappa shape index (κ2) is 7.65. The van der Waals surface area contributed by atoms with Gasteiger partial charge in [0.2, 0.25) is 0 Å². The predicted octanol–water partition coefficient (Wildman–Crippen LogP) is 8.60. The Morgan fingerprint density at radius 2 is 0.867 bits per heavy atom. The fourth-order valence-electron chi connectivity index (χ4n) is 4.18. The molecule has 0 N–H and O–H groups in total. The molecule has 0 heterocycles. The summed E-state index contributed by atoms with van der Waals surface area (Å²) >= 11 is 0. The molecule has 0 spiro atoms. The molecule has 6 rings (SSSR count). The van der Waals surface area contributed by atoms with E-state index in [1.54, 1.807) is 0 Å². The van der Waals surface area contributed by atoms with Gasteiger partial charge in [-0.05, 0) is 86.8 Å². The molecule has 0 unspecified atom stereocenters. The van der Waals surface area contributed by atoms with Crippen molar-refractivity contribution in [2.45, 2.75) is 13.8 Å². The molecule has 6 aromatic carbocycles. The van der Waals surface area contributed by atoms with Crippen molar-refractivity contribution in [1.82, 2.24) is 0 Å². The van der Waals surface area contributed by atoms with Crippen LogP contribution in [0.5, 0.6) is 0 Å².